The van der Waals surface area contributed by atoms with Crippen molar-refractivity contribution in [3.05, 3.63) is 59.7 Å². The van der Waals surface area contributed by atoms with Crippen LogP contribution in [0.2, 0.25) is 0 Å². The second-order valence-electron chi connectivity index (χ2n) is 5.24. The second kappa shape index (κ2) is 8.34. The third-order valence-corrected chi connectivity index (χ3v) is 3.45. The molecule has 0 aliphatic heterocycles. The predicted molar refractivity (Wildman–Crippen MR) is 95.9 cm³/mol. The first-order chi connectivity index (χ1) is 11.6. The van der Waals surface area contributed by atoms with E-state index in [-0.39, 0.29) is 5.91 Å². The molecule has 6 nitrogen and oxygen atoms in total. The van der Waals surface area contributed by atoms with Crippen LogP contribution >= 0.6 is 0 Å². The van der Waals surface area contributed by atoms with Gasteiger partial charge in [0.25, 0.3) is 5.91 Å². The van der Waals surface area contributed by atoms with Crippen LogP contribution in [0, 0.1) is 11.3 Å². The number of nitrogen functional groups attached to an aromatic ring is 1. The van der Waals surface area contributed by atoms with Crippen molar-refractivity contribution < 1.29 is 4.79 Å². The molecule has 24 heavy (non-hydrogen) atoms. The molecule has 0 radical (unpaired) electrons. The molecule has 0 aliphatic carbocycles. The topological polar surface area (TPSA) is 94.5 Å². The van der Waals surface area contributed by atoms with Crippen LogP contribution in [0.25, 0.3) is 0 Å². The summed E-state index contributed by atoms with van der Waals surface area (Å²) in [6.45, 7) is 0.682. The summed E-state index contributed by atoms with van der Waals surface area (Å²) in [5.41, 5.74) is 11.0. The van der Waals surface area contributed by atoms with Crippen LogP contribution < -0.4 is 16.1 Å². The van der Waals surface area contributed by atoms with E-state index in [1.165, 1.54) is 0 Å². The number of amides is 1. The van der Waals surface area contributed by atoms with Gasteiger partial charge in [0, 0.05) is 30.5 Å². The molecule has 0 spiro atoms. The maximum Gasteiger partial charge on any atom is 0.271 e. The lowest BCUT2D eigenvalue weighted by molar-refractivity contribution is 0.0955. The molecular weight excluding hydrogens is 302 g/mol. The van der Waals surface area contributed by atoms with Crippen molar-refractivity contribution in [3.63, 3.8) is 0 Å². The van der Waals surface area contributed by atoms with Crippen molar-refractivity contribution in [3.8, 4) is 6.07 Å². The molecule has 122 valence electrons. The van der Waals surface area contributed by atoms with Gasteiger partial charge in [0.05, 0.1) is 18.7 Å². The Hall–Kier alpha value is -3.33. The molecule has 0 aliphatic rings. The summed E-state index contributed by atoms with van der Waals surface area (Å²) < 4.78 is 0. The number of carbonyl (C=O) groups is 1. The lowest BCUT2D eigenvalue weighted by Crippen LogP contribution is -2.18. The first-order valence-corrected chi connectivity index (χ1v) is 7.47. The van der Waals surface area contributed by atoms with Crippen molar-refractivity contribution in [2.75, 3.05) is 24.2 Å². The number of carbonyl (C=O) groups excluding carboxylic acids is 1. The van der Waals surface area contributed by atoms with Crippen molar-refractivity contribution in [2.45, 2.75) is 6.42 Å². The Bertz CT molecular complexity index is 744. The minimum Gasteiger partial charge on any atom is -0.399 e. The predicted octanol–water partition coefficient (Wildman–Crippen LogP) is 2.38. The summed E-state index contributed by atoms with van der Waals surface area (Å²) in [5, 5.41) is 12.6. The van der Waals surface area contributed by atoms with E-state index in [2.05, 4.69) is 16.6 Å². The highest BCUT2D eigenvalue weighted by Gasteiger charge is 2.03. The zero-order valence-electron chi connectivity index (χ0n) is 13.4. The van der Waals surface area contributed by atoms with E-state index in [0.717, 1.165) is 11.3 Å². The third-order valence-electron chi connectivity index (χ3n) is 3.45. The van der Waals surface area contributed by atoms with Gasteiger partial charge in [0.1, 0.15) is 0 Å². The number of hydrogen-bond acceptors (Lipinski definition) is 5. The van der Waals surface area contributed by atoms with Crippen LogP contribution in [0.1, 0.15) is 22.3 Å². The number of nitrogens with one attached hydrogen (secondary N) is 1. The van der Waals surface area contributed by atoms with Crippen LogP contribution in [0.15, 0.2) is 53.6 Å². The Kier molecular flexibility index (Phi) is 5.92. The van der Waals surface area contributed by atoms with Gasteiger partial charge in [-0.05, 0) is 42.0 Å². The third kappa shape index (κ3) is 4.85. The van der Waals surface area contributed by atoms with E-state index in [9.17, 15) is 4.79 Å². The van der Waals surface area contributed by atoms with Crippen molar-refractivity contribution in [2.24, 2.45) is 5.10 Å². The number of rotatable bonds is 6. The normalized spacial score (nSPS) is 10.3. The standard InChI is InChI=1S/C18H19N5O/c1-23(12-2-11-19)17-9-3-14(4-10-17)13-21-22-18(24)15-5-7-16(20)8-6-15/h3-10,13H,2,12,20H2,1H3,(H,22,24)/b21-13-. The van der Waals surface area contributed by atoms with E-state index in [4.69, 9.17) is 11.0 Å². The minimum absolute atomic E-state index is 0.292. The molecule has 0 heterocycles. The zero-order valence-corrected chi connectivity index (χ0v) is 13.4. The van der Waals surface area contributed by atoms with E-state index < -0.39 is 0 Å². The second-order valence-corrected chi connectivity index (χ2v) is 5.24. The van der Waals surface area contributed by atoms with Gasteiger partial charge in [-0.2, -0.15) is 10.4 Å². The molecule has 2 aromatic carbocycles. The molecule has 2 rings (SSSR count). The number of benzene rings is 2. The highest BCUT2D eigenvalue weighted by molar-refractivity contribution is 5.95. The Balaban J connectivity index is 1.91. The molecule has 2 aromatic rings. The van der Waals surface area contributed by atoms with Crippen molar-refractivity contribution in [1.82, 2.24) is 5.43 Å². The first kappa shape index (κ1) is 17.0. The molecular formula is C18H19N5O. The number of nitrogens with two attached hydrogens (primary N) is 1. The first-order valence-electron chi connectivity index (χ1n) is 7.47. The van der Waals surface area contributed by atoms with Gasteiger partial charge >= 0.3 is 0 Å². The number of hydrazone groups is 1. The fourth-order valence-electron chi connectivity index (χ4n) is 2.03. The molecule has 0 aromatic heterocycles. The molecule has 0 atom stereocenters. The quantitative estimate of drug-likeness (QED) is 0.485. The largest absolute Gasteiger partial charge is 0.399 e. The van der Waals surface area contributed by atoms with Crippen molar-refractivity contribution >= 4 is 23.5 Å². The van der Waals surface area contributed by atoms with Gasteiger partial charge in [-0.25, -0.2) is 5.43 Å². The fourth-order valence-corrected chi connectivity index (χ4v) is 2.03. The SMILES string of the molecule is CN(CCC#N)c1ccc(/C=N\NC(=O)c2ccc(N)cc2)cc1. The van der Waals surface area contributed by atoms with Crippen LogP contribution in [-0.2, 0) is 0 Å². The van der Waals surface area contributed by atoms with Gasteiger partial charge in [-0.15, -0.1) is 0 Å². The molecule has 0 bridgehead atoms. The van der Waals surface area contributed by atoms with E-state index in [0.29, 0.717) is 24.2 Å². The van der Waals surface area contributed by atoms with E-state index >= 15 is 0 Å². The average molecular weight is 321 g/mol. The number of anilines is 2. The summed E-state index contributed by atoms with van der Waals surface area (Å²) >= 11 is 0. The molecule has 0 saturated carbocycles. The van der Waals surface area contributed by atoms with Crippen LogP contribution in [0.4, 0.5) is 11.4 Å². The number of nitriles is 1. The average Bonchev–Trinajstić information content (AvgIpc) is 2.60. The van der Waals surface area contributed by atoms with Gasteiger partial charge in [0.15, 0.2) is 0 Å². The minimum atomic E-state index is -0.292. The van der Waals surface area contributed by atoms with Crippen LogP contribution in [0.5, 0.6) is 0 Å². The fraction of sp³-hybridized carbons (Fsp3) is 0.167. The lowest BCUT2D eigenvalue weighted by atomic mass is 10.2. The van der Waals surface area contributed by atoms with Crippen LogP contribution in [0.3, 0.4) is 0 Å². The molecule has 0 fully saturated rings. The maximum atomic E-state index is 11.9. The molecule has 6 heteroatoms. The van der Waals surface area contributed by atoms with Crippen LogP contribution in [-0.4, -0.2) is 25.7 Å². The Labute approximate surface area is 141 Å². The summed E-state index contributed by atoms with van der Waals surface area (Å²) in [6, 6.07) is 16.4. The van der Waals surface area contributed by atoms with E-state index in [1.807, 2.05) is 36.2 Å². The summed E-state index contributed by atoms with van der Waals surface area (Å²) in [7, 11) is 1.94. The smallest absolute Gasteiger partial charge is 0.271 e. The molecule has 0 saturated heterocycles. The monoisotopic (exact) mass is 321 g/mol. The van der Waals surface area contributed by atoms with Gasteiger partial charge < -0.3 is 10.6 Å². The van der Waals surface area contributed by atoms with Crippen molar-refractivity contribution in [1.29, 1.82) is 5.26 Å². The highest BCUT2D eigenvalue weighted by atomic mass is 16.2. The van der Waals surface area contributed by atoms with Gasteiger partial charge in [-0.3, -0.25) is 4.79 Å². The van der Waals surface area contributed by atoms with Gasteiger partial charge in [0.2, 0.25) is 0 Å². The molecule has 0 unspecified atom stereocenters. The number of nitrogens with zero attached hydrogens (tertiary/aromatic N) is 3. The summed E-state index contributed by atoms with van der Waals surface area (Å²) in [4.78, 5) is 13.9. The summed E-state index contributed by atoms with van der Waals surface area (Å²) in [5.74, 6) is -0.292. The number of hydrogen-bond donors (Lipinski definition) is 2. The molecule has 1 amide bonds. The Morgan fingerprint density at radius 2 is 1.92 bits per heavy atom. The maximum absolute atomic E-state index is 11.9. The molecule has 3 N–H and O–H groups in total. The zero-order chi connectivity index (χ0) is 17.4. The Morgan fingerprint density at radius 3 is 2.54 bits per heavy atom. The summed E-state index contributed by atoms with van der Waals surface area (Å²) in [6.07, 6.45) is 2.06. The lowest BCUT2D eigenvalue weighted by Gasteiger charge is -2.17. The Morgan fingerprint density at radius 1 is 1.25 bits per heavy atom. The van der Waals surface area contributed by atoms with E-state index in [1.54, 1.807) is 30.5 Å². The van der Waals surface area contributed by atoms with Gasteiger partial charge in [-0.1, -0.05) is 12.1 Å². The highest BCUT2D eigenvalue weighted by Crippen LogP contribution is 2.13.